The van der Waals surface area contributed by atoms with Gasteiger partial charge in [0.15, 0.2) is 28.8 Å². The largest absolute Gasteiger partial charge is 0.493 e. The number of carbonyl (C=O) groups excluding carboxylic acids is 2. The summed E-state index contributed by atoms with van der Waals surface area (Å²) in [4.78, 5) is 27.9. The van der Waals surface area contributed by atoms with E-state index in [1.807, 2.05) is 67.6 Å². The molecule has 0 saturated carbocycles. The van der Waals surface area contributed by atoms with E-state index >= 15 is 0 Å². The Bertz CT molecular complexity index is 1630. The Kier molecular flexibility index (Phi) is 9.64. The molecule has 9 heteroatoms. The molecule has 0 saturated heterocycles. The standard InChI is InChI=1S/C35H36BrNO7/c1-20-31(35(39)44-14-13-21-9-7-6-8-10-21)32(24-15-25(36)34(43-5)30(19-24)42-4)33-26(37-20)16-23(17-27(33)38)22-11-12-28(40-2)29(18-22)41-3/h6-12,15,18-19,23,32,37H,13-14,16-17H2,1-5H3/t23-,32+/m0/s1. The zero-order chi connectivity index (χ0) is 31.4. The van der Waals surface area contributed by atoms with Gasteiger partial charge in [-0.1, -0.05) is 36.4 Å². The van der Waals surface area contributed by atoms with Crippen LogP contribution in [-0.4, -0.2) is 46.8 Å². The zero-order valence-corrected chi connectivity index (χ0v) is 27.1. The number of esters is 1. The minimum absolute atomic E-state index is 0.0449. The van der Waals surface area contributed by atoms with Gasteiger partial charge in [-0.2, -0.15) is 0 Å². The molecule has 2 atom stereocenters. The van der Waals surface area contributed by atoms with Crippen LogP contribution in [0.4, 0.5) is 0 Å². The third kappa shape index (κ3) is 6.19. The van der Waals surface area contributed by atoms with Crippen LogP contribution < -0.4 is 24.3 Å². The van der Waals surface area contributed by atoms with Crippen molar-refractivity contribution in [2.45, 2.75) is 38.0 Å². The molecule has 230 valence electrons. The van der Waals surface area contributed by atoms with Crippen LogP contribution in [0.15, 0.2) is 87.7 Å². The van der Waals surface area contributed by atoms with Gasteiger partial charge in [-0.15, -0.1) is 0 Å². The maximum absolute atomic E-state index is 14.1. The summed E-state index contributed by atoms with van der Waals surface area (Å²) < 4.78 is 28.6. The molecule has 44 heavy (non-hydrogen) atoms. The number of ketones is 1. The smallest absolute Gasteiger partial charge is 0.336 e. The van der Waals surface area contributed by atoms with Gasteiger partial charge in [0, 0.05) is 35.7 Å². The van der Waals surface area contributed by atoms with Gasteiger partial charge in [-0.25, -0.2) is 4.79 Å². The van der Waals surface area contributed by atoms with Gasteiger partial charge in [0.25, 0.3) is 0 Å². The zero-order valence-electron chi connectivity index (χ0n) is 25.5. The number of ether oxygens (including phenoxy) is 5. The summed E-state index contributed by atoms with van der Waals surface area (Å²) in [6.45, 7) is 2.06. The highest BCUT2D eigenvalue weighted by molar-refractivity contribution is 9.10. The van der Waals surface area contributed by atoms with E-state index in [0.29, 0.717) is 57.2 Å². The highest BCUT2D eigenvalue weighted by atomic mass is 79.9. The Labute approximate surface area is 266 Å². The molecule has 0 spiro atoms. The van der Waals surface area contributed by atoms with Gasteiger partial charge in [-0.05, 0) is 76.1 Å². The normalized spacial score (nSPS) is 17.9. The minimum Gasteiger partial charge on any atom is -0.493 e. The molecule has 5 rings (SSSR count). The fraction of sp³-hybridized carbons (Fsp3) is 0.314. The number of methoxy groups -OCH3 is 4. The van der Waals surface area contributed by atoms with Gasteiger partial charge < -0.3 is 29.0 Å². The van der Waals surface area contributed by atoms with Crippen LogP contribution in [0.5, 0.6) is 23.0 Å². The van der Waals surface area contributed by atoms with Crippen LogP contribution in [0.2, 0.25) is 0 Å². The molecule has 1 N–H and O–H groups in total. The van der Waals surface area contributed by atoms with Crippen molar-refractivity contribution in [3.63, 3.8) is 0 Å². The summed E-state index contributed by atoms with van der Waals surface area (Å²) >= 11 is 3.60. The van der Waals surface area contributed by atoms with E-state index in [-0.39, 0.29) is 24.7 Å². The van der Waals surface area contributed by atoms with Crippen LogP contribution in [0.3, 0.4) is 0 Å². The van der Waals surface area contributed by atoms with Crippen molar-refractivity contribution in [1.82, 2.24) is 5.32 Å². The summed E-state index contributed by atoms with van der Waals surface area (Å²) in [5.74, 6) is 0.985. The molecule has 0 amide bonds. The van der Waals surface area contributed by atoms with Gasteiger partial charge in [0.2, 0.25) is 0 Å². The SMILES string of the molecule is COc1ccc([C@@H]2CC(=O)C3=C(C2)NC(C)=C(C(=O)OCCc2ccccc2)[C@H]3c2cc(Br)c(OC)c(OC)c2)cc1OC. The third-order valence-corrected chi connectivity index (χ3v) is 8.77. The van der Waals surface area contributed by atoms with Crippen LogP contribution >= 0.6 is 15.9 Å². The quantitative estimate of drug-likeness (QED) is 0.242. The number of Topliss-reactive ketones (excluding diaryl/α,β-unsaturated/α-hetero) is 1. The van der Waals surface area contributed by atoms with E-state index in [1.54, 1.807) is 28.4 Å². The van der Waals surface area contributed by atoms with Gasteiger partial charge in [-0.3, -0.25) is 4.79 Å². The molecule has 0 unspecified atom stereocenters. The maximum atomic E-state index is 14.1. The first kappa shape index (κ1) is 31.2. The first-order valence-corrected chi connectivity index (χ1v) is 15.2. The highest BCUT2D eigenvalue weighted by Crippen LogP contribution is 2.49. The van der Waals surface area contributed by atoms with Crippen molar-refractivity contribution in [3.8, 4) is 23.0 Å². The van der Waals surface area contributed by atoms with E-state index in [1.165, 1.54) is 0 Å². The van der Waals surface area contributed by atoms with E-state index in [0.717, 1.165) is 22.4 Å². The lowest BCUT2D eigenvalue weighted by Gasteiger charge is -2.37. The number of hydrogen-bond donors (Lipinski definition) is 1. The number of hydrogen-bond acceptors (Lipinski definition) is 8. The van der Waals surface area contributed by atoms with E-state index < -0.39 is 11.9 Å². The van der Waals surface area contributed by atoms with Crippen molar-refractivity contribution in [2.75, 3.05) is 35.0 Å². The second-order valence-electron chi connectivity index (χ2n) is 10.7. The van der Waals surface area contributed by atoms with Crippen molar-refractivity contribution in [3.05, 3.63) is 104 Å². The second-order valence-corrected chi connectivity index (χ2v) is 11.6. The average Bonchev–Trinajstić information content (AvgIpc) is 3.03. The number of carbonyl (C=O) groups is 2. The monoisotopic (exact) mass is 661 g/mol. The molecule has 0 fully saturated rings. The Balaban J connectivity index is 1.53. The topological polar surface area (TPSA) is 92.3 Å². The van der Waals surface area contributed by atoms with E-state index in [9.17, 15) is 9.59 Å². The van der Waals surface area contributed by atoms with Crippen molar-refractivity contribution >= 4 is 27.7 Å². The molecule has 3 aromatic rings. The highest BCUT2D eigenvalue weighted by Gasteiger charge is 2.42. The number of rotatable bonds is 10. The number of allylic oxidation sites excluding steroid dienone is 3. The summed E-state index contributed by atoms with van der Waals surface area (Å²) in [6, 6.07) is 19.3. The molecule has 0 radical (unpaired) electrons. The number of nitrogens with one attached hydrogen (secondary N) is 1. The minimum atomic E-state index is -0.662. The van der Waals surface area contributed by atoms with E-state index in [2.05, 4.69) is 21.2 Å². The summed E-state index contributed by atoms with van der Waals surface area (Å²) in [7, 11) is 6.31. The second kappa shape index (κ2) is 13.6. The van der Waals surface area contributed by atoms with Crippen LogP contribution in [0, 0.1) is 0 Å². The lowest BCUT2D eigenvalue weighted by molar-refractivity contribution is -0.139. The molecule has 3 aromatic carbocycles. The van der Waals surface area contributed by atoms with Crippen molar-refractivity contribution in [1.29, 1.82) is 0 Å². The van der Waals surface area contributed by atoms with Gasteiger partial charge in [0.05, 0.1) is 45.1 Å². The summed E-state index contributed by atoms with van der Waals surface area (Å²) in [5.41, 5.74) is 5.15. The average molecular weight is 663 g/mol. The number of benzene rings is 3. The van der Waals surface area contributed by atoms with Gasteiger partial charge in [0.1, 0.15) is 0 Å². The molecule has 8 nitrogen and oxygen atoms in total. The molecule has 2 aliphatic rings. The fourth-order valence-electron chi connectivity index (χ4n) is 6.07. The molecule has 1 heterocycles. The first-order chi connectivity index (χ1) is 21.3. The lowest BCUT2D eigenvalue weighted by Crippen LogP contribution is -2.36. The van der Waals surface area contributed by atoms with Crippen molar-refractivity contribution in [2.24, 2.45) is 0 Å². The van der Waals surface area contributed by atoms with Crippen molar-refractivity contribution < 1.29 is 33.3 Å². The summed E-state index contributed by atoms with van der Waals surface area (Å²) in [5, 5.41) is 3.42. The fourth-order valence-corrected chi connectivity index (χ4v) is 6.70. The van der Waals surface area contributed by atoms with Crippen LogP contribution in [-0.2, 0) is 20.7 Å². The predicted octanol–water partition coefficient (Wildman–Crippen LogP) is 6.63. The molecule has 1 aliphatic carbocycles. The van der Waals surface area contributed by atoms with Gasteiger partial charge >= 0.3 is 5.97 Å². The molecule has 0 aromatic heterocycles. The Hall–Kier alpha value is -4.24. The lowest BCUT2D eigenvalue weighted by atomic mass is 9.71. The van der Waals surface area contributed by atoms with E-state index in [4.69, 9.17) is 23.7 Å². The number of halogens is 1. The first-order valence-electron chi connectivity index (χ1n) is 14.4. The molecular weight excluding hydrogens is 626 g/mol. The Morgan fingerprint density at radius 1 is 0.864 bits per heavy atom. The van der Waals surface area contributed by atoms with Crippen LogP contribution in [0.1, 0.15) is 48.3 Å². The number of dihydropyridines is 1. The third-order valence-electron chi connectivity index (χ3n) is 8.18. The molecule has 0 bridgehead atoms. The predicted molar refractivity (Wildman–Crippen MR) is 170 cm³/mol. The molecular formula is C35H36BrNO7. The Morgan fingerprint density at radius 3 is 2.25 bits per heavy atom. The van der Waals surface area contributed by atoms with Crippen LogP contribution in [0.25, 0.3) is 0 Å². The Morgan fingerprint density at radius 2 is 1.57 bits per heavy atom. The maximum Gasteiger partial charge on any atom is 0.336 e. The summed E-state index contributed by atoms with van der Waals surface area (Å²) in [6.07, 6.45) is 1.43. The molecule has 1 aliphatic heterocycles.